The molecular formula is C18H31IN4O. The van der Waals surface area contributed by atoms with E-state index in [1.54, 1.807) is 13.2 Å². The number of rotatable bonds is 7. The molecule has 0 aliphatic heterocycles. The Kier molecular flexibility index (Phi) is 8.80. The minimum atomic E-state index is 0. The first-order valence-electron chi connectivity index (χ1n) is 8.56. The molecule has 1 heterocycles. The van der Waals surface area contributed by atoms with Crippen molar-refractivity contribution >= 4 is 29.9 Å². The van der Waals surface area contributed by atoms with E-state index in [9.17, 15) is 0 Å². The third kappa shape index (κ3) is 7.23. The van der Waals surface area contributed by atoms with Crippen LogP contribution in [0.2, 0.25) is 0 Å². The zero-order valence-electron chi connectivity index (χ0n) is 15.4. The van der Waals surface area contributed by atoms with Gasteiger partial charge in [-0.05, 0) is 43.2 Å². The van der Waals surface area contributed by atoms with E-state index in [1.165, 1.54) is 6.42 Å². The van der Waals surface area contributed by atoms with Crippen LogP contribution in [-0.2, 0) is 6.54 Å². The summed E-state index contributed by atoms with van der Waals surface area (Å²) in [6.07, 6.45) is 4.23. The molecule has 3 atom stereocenters. The Balaban J connectivity index is 0.00000288. The highest BCUT2D eigenvalue weighted by atomic mass is 127. The molecule has 0 aromatic carbocycles. The van der Waals surface area contributed by atoms with Crippen LogP contribution in [0.4, 0.5) is 0 Å². The van der Waals surface area contributed by atoms with Gasteiger partial charge in [-0.2, -0.15) is 0 Å². The van der Waals surface area contributed by atoms with E-state index in [4.69, 9.17) is 4.74 Å². The van der Waals surface area contributed by atoms with Gasteiger partial charge in [0.2, 0.25) is 5.88 Å². The summed E-state index contributed by atoms with van der Waals surface area (Å²) in [7, 11) is 1.80. The molecule has 1 fully saturated rings. The molecule has 6 heteroatoms. The second-order valence-corrected chi connectivity index (χ2v) is 6.95. The molecule has 24 heavy (non-hydrogen) atoms. The average Bonchev–Trinajstić information content (AvgIpc) is 3.18. The Morgan fingerprint density at radius 1 is 1.42 bits per heavy atom. The standard InChI is InChI=1S/C18H30N4O.HI/c1-12(2)8-14(4)23-17-10-15(6-7-20-17)11-21-18(19-5)22-16-9-13(16)3;/h6-7,10,12-14,16H,8-9,11H2,1-5H3,(H2,19,21,22);1H. The molecule has 0 spiro atoms. The monoisotopic (exact) mass is 446 g/mol. The van der Waals surface area contributed by atoms with Gasteiger partial charge < -0.3 is 15.4 Å². The number of hydrogen-bond acceptors (Lipinski definition) is 3. The number of halogens is 1. The van der Waals surface area contributed by atoms with Gasteiger partial charge in [0.1, 0.15) is 0 Å². The smallest absolute Gasteiger partial charge is 0.213 e. The molecule has 1 aromatic rings. The average molecular weight is 446 g/mol. The van der Waals surface area contributed by atoms with Crippen LogP contribution in [0, 0.1) is 11.8 Å². The van der Waals surface area contributed by atoms with Crippen molar-refractivity contribution in [2.75, 3.05) is 7.05 Å². The summed E-state index contributed by atoms with van der Waals surface area (Å²) < 4.78 is 5.90. The Bertz CT molecular complexity index is 536. The van der Waals surface area contributed by atoms with Crippen LogP contribution in [0.3, 0.4) is 0 Å². The third-order valence-electron chi connectivity index (χ3n) is 4.04. The van der Waals surface area contributed by atoms with Crippen molar-refractivity contribution in [2.24, 2.45) is 16.8 Å². The molecule has 5 nitrogen and oxygen atoms in total. The normalized spacial score (nSPS) is 21.0. The first kappa shape index (κ1) is 21.0. The molecule has 2 rings (SSSR count). The minimum Gasteiger partial charge on any atom is -0.475 e. The van der Waals surface area contributed by atoms with Gasteiger partial charge in [0, 0.05) is 31.9 Å². The first-order valence-corrected chi connectivity index (χ1v) is 8.56. The summed E-state index contributed by atoms with van der Waals surface area (Å²) in [5, 5.41) is 6.77. The summed E-state index contributed by atoms with van der Waals surface area (Å²) in [5.74, 6) is 2.91. The van der Waals surface area contributed by atoms with Crippen LogP contribution < -0.4 is 15.4 Å². The maximum atomic E-state index is 5.90. The summed E-state index contributed by atoms with van der Waals surface area (Å²) in [5.41, 5.74) is 1.14. The molecule has 3 unspecified atom stereocenters. The van der Waals surface area contributed by atoms with Crippen LogP contribution in [0.5, 0.6) is 5.88 Å². The van der Waals surface area contributed by atoms with Gasteiger partial charge in [0.05, 0.1) is 6.10 Å². The number of guanidine groups is 1. The van der Waals surface area contributed by atoms with Gasteiger partial charge in [-0.1, -0.05) is 20.8 Å². The number of ether oxygens (including phenoxy) is 1. The van der Waals surface area contributed by atoms with E-state index in [-0.39, 0.29) is 30.1 Å². The second-order valence-electron chi connectivity index (χ2n) is 6.95. The maximum Gasteiger partial charge on any atom is 0.213 e. The largest absolute Gasteiger partial charge is 0.475 e. The van der Waals surface area contributed by atoms with Crippen molar-refractivity contribution in [3.63, 3.8) is 0 Å². The topological polar surface area (TPSA) is 58.5 Å². The number of hydrogen-bond donors (Lipinski definition) is 2. The first-order chi connectivity index (χ1) is 11.0. The van der Waals surface area contributed by atoms with E-state index in [0.717, 1.165) is 23.9 Å². The molecule has 1 aliphatic rings. The van der Waals surface area contributed by atoms with Gasteiger partial charge in [0.15, 0.2) is 5.96 Å². The number of nitrogens with one attached hydrogen (secondary N) is 2. The minimum absolute atomic E-state index is 0. The van der Waals surface area contributed by atoms with Crippen molar-refractivity contribution in [1.82, 2.24) is 15.6 Å². The Hall–Kier alpha value is -1.05. The van der Waals surface area contributed by atoms with Crippen LogP contribution >= 0.6 is 24.0 Å². The number of aliphatic imine (C=N–C) groups is 1. The highest BCUT2D eigenvalue weighted by Crippen LogP contribution is 2.28. The second kappa shape index (κ2) is 10.1. The lowest BCUT2D eigenvalue weighted by Gasteiger charge is -2.16. The van der Waals surface area contributed by atoms with Crippen molar-refractivity contribution < 1.29 is 4.74 Å². The van der Waals surface area contributed by atoms with E-state index in [2.05, 4.69) is 48.3 Å². The Morgan fingerprint density at radius 3 is 2.71 bits per heavy atom. The van der Waals surface area contributed by atoms with Crippen molar-refractivity contribution in [2.45, 2.75) is 59.2 Å². The third-order valence-corrected chi connectivity index (χ3v) is 4.04. The fraction of sp³-hybridized carbons (Fsp3) is 0.667. The molecule has 136 valence electrons. The van der Waals surface area contributed by atoms with E-state index < -0.39 is 0 Å². The van der Waals surface area contributed by atoms with Crippen LogP contribution in [0.1, 0.15) is 46.1 Å². The molecule has 1 aromatic heterocycles. The lowest BCUT2D eigenvalue weighted by Crippen LogP contribution is -2.38. The SMILES string of the molecule is CN=C(NCc1ccnc(OC(C)CC(C)C)c1)NC1CC1C.I. The maximum absolute atomic E-state index is 5.90. The lowest BCUT2D eigenvalue weighted by molar-refractivity contribution is 0.185. The van der Waals surface area contributed by atoms with E-state index in [1.807, 2.05) is 12.1 Å². The quantitative estimate of drug-likeness (QED) is 0.382. The van der Waals surface area contributed by atoms with Crippen LogP contribution in [0.15, 0.2) is 23.3 Å². The van der Waals surface area contributed by atoms with Crippen molar-refractivity contribution in [3.8, 4) is 5.88 Å². The molecule has 0 bridgehead atoms. The summed E-state index contributed by atoms with van der Waals surface area (Å²) in [6.45, 7) is 9.45. The molecule has 2 N–H and O–H groups in total. The van der Waals surface area contributed by atoms with Crippen molar-refractivity contribution in [1.29, 1.82) is 0 Å². The number of nitrogens with zero attached hydrogens (tertiary/aromatic N) is 2. The molecule has 0 radical (unpaired) electrons. The Labute approximate surface area is 163 Å². The zero-order valence-corrected chi connectivity index (χ0v) is 17.7. The van der Waals surface area contributed by atoms with Gasteiger partial charge >= 0.3 is 0 Å². The Morgan fingerprint density at radius 2 is 2.12 bits per heavy atom. The molecule has 0 saturated heterocycles. The molecular weight excluding hydrogens is 415 g/mol. The number of pyridine rings is 1. The summed E-state index contributed by atoms with van der Waals surface area (Å²) in [6, 6.07) is 4.56. The summed E-state index contributed by atoms with van der Waals surface area (Å²) >= 11 is 0. The predicted molar refractivity (Wildman–Crippen MR) is 110 cm³/mol. The van der Waals surface area contributed by atoms with Gasteiger partial charge in [-0.25, -0.2) is 4.98 Å². The predicted octanol–water partition coefficient (Wildman–Crippen LogP) is 3.59. The van der Waals surface area contributed by atoms with Gasteiger partial charge in [-0.3, -0.25) is 4.99 Å². The highest BCUT2D eigenvalue weighted by Gasteiger charge is 2.33. The molecule has 0 amide bonds. The van der Waals surface area contributed by atoms with E-state index in [0.29, 0.717) is 24.4 Å². The fourth-order valence-electron chi connectivity index (χ4n) is 2.62. The zero-order chi connectivity index (χ0) is 16.8. The molecule has 1 saturated carbocycles. The van der Waals surface area contributed by atoms with Gasteiger partial charge in [-0.15, -0.1) is 24.0 Å². The van der Waals surface area contributed by atoms with Crippen LogP contribution in [-0.4, -0.2) is 30.1 Å². The summed E-state index contributed by atoms with van der Waals surface area (Å²) in [4.78, 5) is 8.58. The van der Waals surface area contributed by atoms with E-state index >= 15 is 0 Å². The highest BCUT2D eigenvalue weighted by molar-refractivity contribution is 14.0. The number of aromatic nitrogens is 1. The lowest BCUT2D eigenvalue weighted by atomic mass is 10.1. The fourth-order valence-corrected chi connectivity index (χ4v) is 2.62. The molecule has 1 aliphatic carbocycles. The van der Waals surface area contributed by atoms with Crippen LogP contribution in [0.25, 0.3) is 0 Å². The van der Waals surface area contributed by atoms with Gasteiger partial charge in [0.25, 0.3) is 0 Å². The van der Waals surface area contributed by atoms with Crippen molar-refractivity contribution in [3.05, 3.63) is 23.9 Å².